The monoisotopic (exact) mass is 355 g/mol. The van der Waals surface area contributed by atoms with Crippen LogP contribution >= 0.6 is 15.9 Å². The molecule has 5 heteroatoms. The molecule has 0 aliphatic heterocycles. The SMILES string of the molecule is CCCNc1nc(C2(OC)CCCC2)nc(CCC)c1Br. The van der Waals surface area contributed by atoms with Crippen LogP contribution in [0.1, 0.15) is 63.9 Å². The van der Waals surface area contributed by atoms with Crippen LogP contribution in [0.3, 0.4) is 0 Å². The molecule has 0 spiro atoms. The average Bonchev–Trinajstić information content (AvgIpc) is 2.98. The van der Waals surface area contributed by atoms with Crippen molar-refractivity contribution < 1.29 is 4.74 Å². The fourth-order valence-electron chi connectivity index (χ4n) is 2.93. The van der Waals surface area contributed by atoms with E-state index in [2.05, 4.69) is 35.1 Å². The molecule has 1 aromatic heterocycles. The minimum Gasteiger partial charge on any atom is -0.370 e. The van der Waals surface area contributed by atoms with Crippen LogP contribution < -0.4 is 5.32 Å². The Morgan fingerprint density at radius 1 is 1.19 bits per heavy atom. The van der Waals surface area contributed by atoms with Gasteiger partial charge < -0.3 is 10.1 Å². The van der Waals surface area contributed by atoms with Gasteiger partial charge in [0.05, 0.1) is 10.2 Å². The summed E-state index contributed by atoms with van der Waals surface area (Å²) in [6, 6.07) is 0. The zero-order valence-corrected chi connectivity index (χ0v) is 14.9. The highest BCUT2D eigenvalue weighted by atomic mass is 79.9. The van der Waals surface area contributed by atoms with Crippen LogP contribution in [-0.2, 0) is 16.8 Å². The van der Waals surface area contributed by atoms with Crippen molar-refractivity contribution in [3.63, 3.8) is 0 Å². The Labute approximate surface area is 136 Å². The molecule has 1 fully saturated rings. The highest BCUT2D eigenvalue weighted by Gasteiger charge is 2.39. The Hall–Kier alpha value is -0.680. The molecule has 1 heterocycles. The highest BCUT2D eigenvalue weighted by molar-refractivity contribution is 9.10. The van der Waals surface area contributed by atoms with E-state index in [-0.39, 0.29) is 5.60 Å². The van der Waals surface area contributed by atoms with Gasteiger partial charge >= 0.3 is 0 Å². The summed E-state index contributed by atoms with van der Waals surface area (Å²) in [5.41, 5.74) is 0.802. The van der Waals surface area contributed by atoms with Gasteiger partial charge in [-0.1, -0.05) is 20.3 Å². The number of nitrogens with one attached hydrogen (secondary N) is 1. The largest absolute Gasteiger partial charge is 0.370 e. The predicted molar refractivity (Wildman–Crippen MR) is 89.7 cm³/mol. The number of aromatic nitrogens is 2. The van der Waals surface area contributed by atoms with Crippen molar-refractivity contribution in [3.8, 4) is 0 Å². The van der Waals surface area contributed by atoms with Crippen molar-refractivity contribution in [2.24, 2.45) is 0 Å². The van der Waals surface area contributed by atoms with E-state index in [0.29, 0.717) is 0 Å². The minimum absolute atomic E-state index is 0.286. The van der Waals surface area contributed by atoms with Gasteiger partial charge in [-0.25, -0.2) is 9.97 Å². The molecular formula is C16H26BrN3O. The average molecular weight is 356 g/mol. The molecule has 0 bridgehead atoms. The second-order valence-corrected chi connectivity index (χ2v) is 6.53. The highest BCUT2D eigenvalue weighted by Crippen LogP contribution is 2.41. The first-order valence-electron chi connectivity index (χ1n) is 8.02. The van der Waals surface area contributed by atoms with Crippen LogP contribution in [0, 0.1) is 0 Å². The number of rotatable bonds is 7. The summed E-state index contributed by atoms with van der Waals surface area (Å²) in [7, 11) is 1.79. The van der Waals surface area contributed by atoms with Gasteiger partial charge in [0.2, 0.25) is 0 Å². The first kappa shape index (κ1) is 16.7. The molecule has 1 aliphatic carbocycles. The van der Waals surface area contributed by atoms with Crippen molar-refractivity contribution in [2.75, 3.05) is 19.0 Å². The number of hydrogen-bond acceptors (Lipinski definition) is 4. The molecule has 4 nitrogen and oxygen atoms in total. The predicted octanol–water partition coefficient (Wildman–Crippen LogP) is 4.43. The van der Waals surface area contributed by atoms with Gasteiger partial charge in [-0.2, -0.15) is 0 Å². The summed E-state index contributed by atoms with van der Waals surface area (Å²) in [5.74, 6) is 1.77. The summed E-state index contributed by atoms with van der Waals surface area (Å²) in [6.45, 7) is 5.25. The number of ether oxygens (including phenoxy) is 1. The summed E-state index contributed by atoms with van der Waals surface area (Å²) in [4.78, 5) is 9.62. The minimum atomic E-state index is -0.286. The Bertz CT molecular complexity index is 473. The molecule has 2 rings (SSSR count). The zero-order valence-electron chi connectivity index (χ0n) is 13.3. The van der Waals surface area contributed by atoms with Gasteiger partial charge in [0, 0.05) is 13.7 Å². The molecule has 1 aromatic rings. The molecule has 0 aromatic carbocycles. The fourth-order valence-corrected chi connectivity index (χ4v) is 3.44. The zero-order chi connectivity index (χ0) is 15.3. The summed E-state index contributed by atoms with van der Waals surface area (Å²) >= 11 is 3.67. The molecule has 21 heavy (non-hydrogen) atoms. The molecule has 0 unspecified atom stereocenters. The topological polar surface area (TPSA) is 47.0 Å². The number of nitrogens with zero attached hydrogens (tertiary/aromatic N) is 2. The quantitative estimate of drug-likeness (QED) is 0.785. The van der Waals surface area contributed by atoms with Crippen LogP contribution in [0.5, 0.6) is 0 Å². The van der Waals surface area contributed by atoms with Gasteiger partial charge in [0.15, 0.2) is 5.82 Å². The van der Waals surface area contributed by atoms with Crippen LogP contribution in [0.15, 0.2) is 4.47 Å². The molecule has 1 aliphatic rings. The maximum absolute atomic E-state index is 5.85. The van der Waals surface area contributed by atoms with Crippen molar-refractivity contribution in [2.45, 2.75) is 64.4 Å². The van der Waals surface area contributed by atoms with Gasteiger partial charge in [-0.15, -0.1) is 0 Å². The van der Waals surface area contributed by atoms with Gasteiger partial charge in [-0.05, 0) is 54.5 Å². The van der Waals surface area contributed by atoms with E-state index in [9.17, 15) is 0 Å². The van der Waals surface area contributed by atoms with Gasteiger partial charge in [-0.3, -0.25) is 0 Å². The van der Waals surface area contributed by atoms with Gasteiger partial charge in [0.25, 0.3) is 0 Å². The Morgan fingerprint density at radius 3 is 2.48 bits per heavy atom. The molecule has 118 valence electrons. The van der Waals surface area contributed by atoms with Crippen LogP contribution in [-0.4, -0.2) is 23.6 Å². The van der Waals surface area contributed by atoms with E-state index in [1.165, 1.54) is 12.8 Å². The second-order valence-electron chi connectivity index (χ2n) is 5.74. The lowest BCUT2D eigenvalue weighted by atomic mass is 10.0. The molecule has 1 saturated carbocycles. The van der Waals surface area contributed by atoms with Crippen molar-refractivity contribution in [1.82, 2.24) is 9.97 Å². The standard InChI is InChI=1S/C16H26BrN3O/c1-4-8-12-13(17)14(18-11-5-2)20-15(19-12)16(21-3)9-6-7-10-16/h4-11H2,1-3H3,(H,18,19,20). The maximum atomic E-state index is 5.85. The van der Waals surface area contributed by atoms with Crippen molar-refractivity contribution >= 4 is 21.7 Å². The lowest BCUT2D eigenvalue weighted by Gasteiger charge is -2.27. The molecule has 0 radical (unpaired) electrons. The molecule has 0 amide bonds. The van der Waals surface area contributed by atoms with Gasteiger partial charge in [0.1, 0.15) is 11.4 Å². The molecule has 1 N–H and O–H groups in total. The van der Waals surface area contributed by atoms with Crippen molar-refractivity contribution in [3.05, 3.63) is 16.0 Å². The van der Waals surface area contributed by atoms with E-state index in [1.54, 1.807) is 7.11 Å². The Kier molecular flexibility index (Phi) is 5.99. The van der Waals surface area contributed by atoms with Crippen LogP contribution in [0.25, 0.3) is 0 Å². The molecule has 0 atom stereocenters. The third-order valence-corrected chi connectivity index (χ3v) is 4.99. The normalized spacial score (nSPS) is 17.1. The van der Waals surface area contributed by atoms with E-state index < -0.39 is 0 Å². The molecular weight excluding hydrogens is 330 g/mol. The maximum Gasteiger partial charge on any atom is 0.162 e. The third kappa shape index (κ3) is 3.57. The lowest BCUT2D eigenvalue weighted by molar-refractivity contribution is -0.0163. The number of anilines is 1. The smallest absolute Gasteiger partial charge is 0.162 e. The Morgan fingerprint density at radius 2 is 1.90 bits per heavy atom. The van der Waals surface area contributed by atoms with E-state index >= 15 is 0 Å². The summed E-state index contributed by atoms with van der Waals surface area (Å²) in [5, 5.41) is 3.41. The van der Waals surface area contributed by atoms with E-state index in [1.807, 2.05) is 0 Å². The first-order chi connectivity index (χ1) is 10.2. The number of hydrogen-bond donors (Lipinski definition) is 1. The van der Waals surface area contributed by atoms with Crippen molar-refractivity contribution in [1.29, 1.82) is 0 Å². The first-order valence-corrected chi connectivity index (χ1v) is 8.82. The second kappa shape index (κ2) is 7.54. The van der Waals surface area contributed by atoms with Crippen LogP contribution in [0.2, 0.25) is 0 Å². The Balaban J connectivity index is 2.42. The number of halogens is 1. The summed E-state index contributed by atoms with van der Waals surface area (Å²) < 4.78 is 6.85. The number of methoxy groups -OCH3 is 1. The summed E-state index contributed by atoms with van der Waals surface area (Å²) in [6.07, 6.45) is 7.51. The molecule has 0 saturated heterocycles. The fraction of sp³-hybridized carbons (Fsp3) is 0.750. The lowest BCUT2D eigenvalue weighted by Crippen LogP contribution is -2.28. The van der Waals surface area contributed by atoms with E-state index in [0.717, 1.165) is 60.5 Å². The third-order valence-electron chi connectivity index (χ3n) is 4.16. The van der Waals surface area contributed by atoms with E-state index in [4.69, 9.17) is 14.7 Å². The van der Waals surface area contributed by atoms with Crippen LogP contribution in [0.4, 0.5) is 5.82 Å². The number of aryl methyl sites for hydroxylation is 1.